The number of hydrogen-bond acceptors (Lipinski definition) is 2. The maximum absolute atomic E-state index is 4.40. The molecule has 1 heterocycles. The quantitative estimate of drug-likeness (QED) is 0.560. The number of allylic oxidation sites excluding steroid dienone is 2. The van der Waals surface area contributed by atoms with Crippen molar-refractivity contribution in [1.29, 1.82) is 0 Å². The van der Waals surface area contributed by atoms with Gasteiger partial charge in [-0.1, -0.05) is 42.6 Å². The van der Waals surface area contributed by atoms with Crippen LogP contribution in [0.3, 0.4) is 0 Å². The molecule has 0 aliphatic heterocycles. The average molecular weight is 267 g/mol. The van der Waals surface area contributed by atoms with Crippen LogP contribution in [0.25, 0.3) is 11.1 Å². The summed E-state index contributed by atoms with van der Waals surface area (Å²) in [5, 5.41) is 2.03. The minimum atomic E-state index is 1.06. The fourth-order valence-corrected chi connectivity index (χ4v) is 2.54. The lowest BCUT2D eigenvalue weighted by molar-refractivity contribution is 1.12. The molecule has 2 heteroatoms. The maximum Gasteiger partial charge on any atom is 0.0382 e. The van der Waals surface area contributed by atoms with E-state index in [2.05, 4.69) is 48.0 Å². The van der Waals surface area contributed by atoms with Gasteiger partial charge >= 0.3 is 0 Å². The summed E-state index contributed by atoms with van der Waals surface area (Å²) >= 11 is 1.69. The molecule has 96 valence electrons. The Morgan fingerprint density at radius 1 is 1.00 bits per heavy atom. The van der Waals surface area contributed by atoms with Crippen molar-refractivity contribution >= 4 is 11.8 Å². The van der Waals surface area contributed by atoms with Crippen LogP contribution in [0.1, 0.15) is 11.4 Å². The Morgan fingerprint density at radius 2 is 1.63 bits per heavy atom. The highest BCUT2D eigenvalue weighted by Crippen LogP contribution is 2.25. The number of aromatic nitrogens is 1. The molecule has 0 radical (unpaired) electrons. The fraction of sp³-hybridized carbons (Fsp3) is 0.118. The van der Waals surface area contributed by atoms with Gasteiger partial charge in [-0.15, -0.1) is 0 Å². The van der Waals surface area contributed by atoms with Crippen molar-refractivity contribution in [1.82, 2.24) is 4.98 Å². The van der Waals surface area contributed by atoms with Gasteiger partial charge in [0.1, 0.15) is 0 Å². The molecular formula is C17H17NS. The third-order valence-electron chi connectivity index (χ3n) is 2.69. The summed E-state index contributed by atoms with van der Waals surface area (Å²) in [6.07, 6.45) is 3.72. The van der Waals surface area contributed by atoms with Crippen LogP contribution in [-0.4, -0.2) is 4.98 Å². The third kappa shape index (κ3) is 3.83. The zero-order valence-electron chi connectivity index (χ0n) is 11.3. The summed E-state index contributed by atoms with van der Waals surface area (Å²) in [6.45, 7) is 7.71. The van der Waals surface area contributed by atoms with Gasteiger partial charge in [-0.25, -0.2) is 0 Å². The molecule has 2 aromatic rings. The van der Waals surface area contributed by atoms with Gasteiger partial charge in [-0.05, 0) is 54.6 Å². The van der Waals surface area contributed by atoms with E-state index in [1.807, 2.05) is 25.3 Å². The van der Waals surface area contributed by atoms with Crippen LogP contribution in [0, 0.1) is 13.8 Å². The molecule has 1 aromatic carbocycles. The van der Waals surface area contributed by atoms with Crippen LogP contribution < -0.4 is 0 Å². The van der Waals surface area contributed by atoms with E-state index in [-0.39, 0.29) is 0 Å². The Balaban J connectivity index is 2.22. The first kappa shape index (κ1) is 13.6. The summed E-state index contributed by atoms with van der Waals surface area (Å²) < 4.78 is 0. The number of thioether (sulfide) groups is 1. The van der Waals surface area contributed by atoms with Gasteiger partial charge in [0, 0.05) is 16.3 Å². The topological polar surface area (TPSA) is 12.9 Å². The van der Waals surface area contributed by atoms with E-state index < -0.39 is 0 Å². The summed E-state index contributed by atoms with van der Waals surface area (Å²) in [4.78, 5) is 5.63. The van der Waals surface area contributed by atoms with Crippen LogP contribution in [0.2, 0.25) is 0 Å². The number of hydrogen-bond donors (Lipinski definition) is 0. The highest BCUT2D eigenvalue weighted by atomic mass is 32.2. The van der Waals surface area contributed by atoms with Crippen LogP contribution in [0.4, 0.5) is 0 Å². The maximum atomic E-state index is 4.40. The first-order chi connectivity index (χ1) is 9.19. The number of aryl methyl sites for hydroxylation is 2. The van der Waals surface area contributed by atoms with Gasteiger partial charge in [0.25, 0.3) is 0 Å². The smallest absolute Gasteiger partial charge is 0.0382 e. The zero-order chi connectivity index (χ0) is 13.7. The largest absolute Gasteiger partial charge is 0.258 e. The van der Waals surface area contributed by atoms with Gasteiger partial charge in [0.2, 0.25) is 0 Å². The summed E-state index contributed by atoms with van der Waals surface area (Å²) in [6, 6.07) is 12.8. The zero-order valence-corrected chi connectivity index (χ0v) is 12.1. The van der Waals surface area contributed by atoms with Gasteiger partial charge in [-0.3, -0.25) is 4.98 Å². The highest BCUT2D eigenvalue weighted by molar-refractivity contribution is 8.02. The van der Waals surface area contributed by atoms with Crippen LogP contribution >= 0.6 is 11.8 Å². The Morgan fingerprint density at radius 3 is 2.21 bits per heavy atom. The van der Waals surface area contributed by atoms with Gasteiger partial charge < -0.3 is 0 Å². The van der Waals surface area contributed by atoms with Crippen LogP contribution in [0.5, 0.6) is 0 Å². The van der Waals surface area contributed by atoms with Crippen molar-refractivity contribution in [3.05, 3.63) is 71.9 Å². The van der Waals surface area contributed by atoms with E-state index in [0.717, 1.165) is 11.4 Å². The monoisotopic (exact) mass is 267 g/mol. The lowest BCUT2D eigenvalue weighted by Crippen LogP contribution is -1.87. The summed E-state index contributed by atoms with van der Waals surface area (Å²) in [5.41, 5.74) is 4.57. The molecule has 0 bridgehead atoms. The molecule has 0 unspecified atom stereocenters. The number of nitrogens with zero attached hydrogens (tertiary/aromatic N) is 1. The molecule has 0 spiro atoms. The molecule has 0 atom stereocenters. The molecule has 0 saturated heterocycles. The molecule has 1 nitrogen and oxygen atoms in total. The second-order valence-corrected chi connectivity index (χ2v) is 5.32. The molecule has 0 N–H and O–H groups in total. The van der Waals surface area contributed by atoms with Crippen LogP contribution in [0.15, 0.2) is 65.4 Å². The molecule has 0 fully saturated rings. The Kier molecular flexibility index (Phi) is 4.58. The summed E-state index contributed by atoms with van der Waals surface area (Å²) in [5.74, 6) is 0. The average Bonchev–Trinajstić information content (AvgIpc) is 2.39. The van der Waals surface area contributed by atoms with E-state index in [9.17, 15) is 0 Å². The Hall–Kier alpha value is -1.80. The van der Waals surface area contributed by atoms with Crippen LogP contribution in [-0.2, 0) is 0 Å². The normalized spacial score (nSPS) is 10.8. The number of pyridine rings is 1. The second-order valence-electron chi connectivity index (χ2n) is 4.35. The molecule has 2 rings (SSSR count). The first-order valence-corrected chi connectivity index (χ1v) is 7.07. The molecule has 0 amide bonds. The predicted octanol–water partition coefficient (Wildman–Crippen LogP) is 5.16. The molecule has 0 aliphatic carbocycles. The van der Waals surface area contributed by atoms with Gasteiger partial charge in [-0.2, -0.15) is 0 Å². The minimum Gasteiger partial charge on any atom is -0.258 e. The van der Waals surface area contributed by atoms with Gasteiger partial charge in [0.05, 0.1) is 0 Å². The van der Waals surface area contributed by atoms with Gasteiger partial charge in [0.15, 0.2) is 0 Å². The van der Waals surface area contributed by atoms with Crippen molar-refractivity contribution < 1.29 is 0 Å². The van der Waals surface area contributed by atoms with Crippen molar-refractivity contribution in [2.75, 3.05) is 0 Å². The Bertz CT molecular complexity index is 577. The van der Waals surface area contributed by atoms with Crippen molar-refractivity contribution in [2.24, 2.45) is 0 Å². The lowest BCUT2D eigenvalue weighted by Gasteiger charge is -2.05. The first-order valence-electron chi connectivity index (χ1n) is 6.19. The molecular weight excluding hydrogens is 250 g/mol. The fourth-order valence-electron chi connectivity index (χ4n) is 1.90. The molecule has 0 saturated carbocycles. The van der Waals surface area contributed by atoms with Crippen molar-refractivity contribution in [3.8, 4) is 11.1 Å². The van der Waals surface area contributed by atoms with E-state index in [0.29, 0.717) is 0 Å². The SMILES string of the molecule is C=C/C=C/Sc1ccc(-c2cc(C)nc(C)c2)cc1. The molecule has 19 heavy (non-hydrogen) atoms. The number of rotatable bonds is 4. The van der Waals surface area contributed by atoms with E-state index in [4.69, 9.17) is 0 Å². The van der Waals surface area contributed by atoms with Crippen molar-refractivity contribution in [2.45, 2.75) is 18.7 Å². The molecule has 1 aromatic heterocycles. The Labute approximate surface area is 119 Å². The number of benzene rings is 1. The summed E-state index contributed by atoms with van der Waals surface area (Å²) in [7, 11) is 0. The van der Waals surface area contributed by atoms with E-state index >= 15 is 0 Å². The molecule has 0 aliphatic rings. The van der Waals surface area contributed by atoms with Crippen molar-refractivity contribution in [3.63, 3.8) is 0 Å². The second kappa shape index (κ2) is 6.39. The minimum absolute atomic E-state index is 1.06. The standard InChI is InChI=1S/C17H17NS/c1-4-5-10-19-17-8-6-15(7-9-17)16-11-13(2)18-14(3)12-16/h4-12H,1H2,2-3H3/b10-5+. The van der Waals surface area contributed by atoms with E-state index in [1.54, 1.807) is 17.8 Å². The lowest BCUT2D eigenvalue weighted by atomic mass is 10.1. The third-order valence-corrected chi connectivity index (χ3v) is 3.53. The predicted molar refractivity (Wildman–Crippen MR) is 84.3 cm³/mol. The highest BCUT2D eigenvalue weighted by Gasteiger charge is 2.00. The van der Waals surface area contributed by atoms with E-state index in [1.165, 1.54) is 16.0 Å².